The Morgan fingerprint density at radius 1 is 1.08 bits per heavy atom. The van der Waals surface area contributed by atoms with Crippen molar-refractivity contribution in [2.24, 2.45) is 0 Å². The molecule has 2 aromatic rings. The van der Waals surface area contributed by atoms with E-state index in [1.54, 1.807) is 38.5 Å². The number of allylic oxidation sites excluding steroid dienone is 1. The van der Waals surface area contributed by atoms with Gasteiger partial charge in [0, 0.05) is 16.9 Å². The number of thioether (sulfide) groups is 1. The van der Waals surface area contributed by atoms with Gasteiger partial charge in [-0.15, -0.1) is 11.8 Å². The number of hydrogen-bond acceptors (Lipinski definition) is 5. The first-order valence-electron chi connectivity index (χ1n) is 7.86. The van der Waals surface area contributed by atoms with Crippen LogP contribution in [0, 0.1) is 0 Å². The van der Waals surface area contributed by atoms with E-state index in [1.165, 1.54) is 17.8 Å². The van der Waals surface area contributed by atoms with Crippen LogP contribution in [0.1, 0.15) is 21.5 Å². The highest BCUT2D eigenvalue weighted by atomic mass is 32.2. The zero-order chi connectivity index (χ0) is 18.9. The van der Waals surface area contributed by atoms with Gasteiger partial charge < -0.3 is 14.6 Å². The molecule has 0 saturated heterocycles. The lowest BCUT2D eigenvalue weighted by atomic mass is 10.1. The molecule has 6 heteroatoms. The number of ether oxygens (including phenoxy) is 2. The summed E-state index contributed by atoms with van der Waals surface area (Å²) >= 11 is 1.26. The highest BCUT2D eigenvalue weighted by molar-refractivity contribution is 7.99. The van der Waals surface area contributed by atoms with E-state index in [9.17, 15) is 9.59 Å². The van der Waals surface area contributed by atoms with Gasteiger partial charge in [-0.1, -0.05) is 18.2 Å². The van der Waals surface area contributed by atoms with E-state index in [1.807, 2.05) is 24.3 Å². The molecule has 0 amide bonds. The minimum atomic E-state index is -0.872. The first-order chi connectivity index (χ1) is 12.5. The molecule has 0 heterocycles. The van der Waals surface area contributed by atoms with Crippen LogP contribution in [0.5, 0.6) is 11.5 Å². The summed E-state index contributed by atoms with van der Waals surface area (Å²) in [7, 11) is 3.15. The van der Waals surface area contributed by atoms with Crippen molar-refractivity contribution in [1.82, 2.24) is 0 Å². The van der Waals surface area contributed by atoms with Crippen LogP contribution in [0.15, 0.2) is 48.5 Å². The molecule has 0 spiro atoms. The van der Waals surface area contributed by atoms with Gasteiger partial charge >= 0.3 is 5.97 Å². The van der Waals surface area contributed by atoms with E-state index in [-0.39, 0.29) is 11.5 Å². The minimum Gasteiger partial charge on any atom is -0.497 e. The second-order valence-electron chi connectivity index (χ2n) is 5.38. The van der Waals surface area contributed by atoms with E-state index in [0.717, 1.165) is 16.9 Å². The van der Waals surface area contributed by atoms with Gasteiger partial charge in [-0.3, -0.25) is 9.59 Å². The van der Waals surface area contributed by atoms with Crippen molar-refractivity contribution < 1.29 is 24.2 Å². The van der Waals surface area contributed by atoms with Gasteiger partial charge in [0.2, 0.25) is 0 Å². The zero-order valence-electron chi connectivity index (χ0n) is 14.6. The summed E-state index contributed by atoms with van der Waals surface area (Å²) in [6, 6.07) is 12.6. The van der Waals surface area contributed by atoms with Crippen molar-refractivity contribution in [2.75, 3.05) is 20.0 Å². The van der Waals surface area contributed by atoms with Crippen molar-refractivity contribution in [3.05, 3.63) is 65.2 Å². The summed E-state index contributed by atoms with van der Waals surface area (Å²) < 4.78 is 10.4. The molecule has 1 N–H and O–H groups in total. The van der Waals surface area contributed by atoms with Crippen molar-refractivity contribution in [1.29, 1.82) is 0 Å². The molecule has 2 aromatic carbocycles. The maximum absolute atomic E-state index is 12.4. The third-order valence-electron chi connectivity index (χ3n) is 3.59. The molecule has 0 aromatic heterocycles. The molecule has 5 nitrogen and oxygen atoms in total. The molecule has 136 valence electrons. The molecule has 0 unspecified atom stereocenters. The Hall–Kier alpha value is -2.73. The molecule has 0 saturated carbocycles. The largest absolute Gasteiger partial charge is 0.497 e. The molecule has 2 rings (SSSR count). The smallest absolute Gasteiger partial charge is 0.313 e. The van der Waals surface area contributed by atoms with Gasteiger partial charge in [0.05, 0.1) is 20.0 Å². The molecule has 0 aliphatic heterocycles. The third kappa shape index (κ3) is 5.67. The SMILES string of the molecule is COc1ccc(C=CC(=O)c2ccc(OC)c(CSCC(=O)O)c2)cc1. The molecule has 0 aliphatic rings. The standard InChI is InChI=1S/C20H20O5S/c1-24-17-7-3-14(4-8-17)5-9-18(21)15-6-10-19(25-2)16(11-15)12-26-13-20(22)23/h3-11H,12-13H2,1-2H3,(H,22,23). The fraction of sp³-hybridized carbons (Fsp3) is 0.200. The van der Waals surface area contributed by atoms with Crippen molar-refractivity contribution in [3.63, 3.8) is 0 Å². The molecular formula is C20H20O5S. The molecule has 0 aliphatic carbocycles. The van der Waals surface area contributed by atoms with Gasteiger partial charge in [-0.2, -0.15) is 0 Å². The number of rotatable bonds is 9. The van der Waals surface area contributed by atoms with E-state index in [2.05, 4.69) is 0 Å². The molecule has 0 fully saturated rings. The summed E-state index contributed by atoms with van der Waals surface area (Å²) in [6.45, 7) is 0. The van der Waals surface area contributed by atoms with E-state index in [4.69, 9.17) is 14.6 Å². The Labute approximate surface area is 156 Å². The van der Waals surface area contributed by atoms with E-state index in [0.29, 0.717) is 17.1 Å². The lowest BCUT2D eigenvalue weighted by Gasteiger charge is -2.09. The van der Waals surface area contributed by atoms with Crippen LogP contribution >= 0.6 is 11.8 Å². The Morgan fingerprint density at radius 3 is 2.42 bits per heavy atom. The highest BCUT2D eigenvalue weighted by Gasteiger charge is 2.09. The Bertz CT molecular complexity index is 796. The number of ketones is 1. The third-order valence-corrected chi connectivity index (χ3v) is 4.56. The van der Waals surface area contributed by atoms with Crippen molar-refractivity contribution in [2.45, 2.75) is 5.75 Å². The average molecular weight is 372 g/mol. The van der Waals surface area contributed by atoms with Crippen LogP contribution in [0.2, 0.25) is 0 Å². The van der Waals surface area contributed by atoms with Gasteiger partial charge in [-0.25, -0.2) is 0 Å². The van der Waals surface area contributed by atoms with Crippen LogP contribution in [0.4, 0.5) is 0 Å². The van der Waals surface area contributed by atoms with Gasteiger partial charge in [0.1, 0.15) is 11.5 Å². The summed E-state index contributed by atoms with van der Waals surface area (Å²) in [5.41, 5.74) is 2.22. The lowest BCUT2D eigenvalue weighted by molar-refractivity contribution is -0.133. The second-order valence-corrected chi connectivity index (χ2v) is 6.37. The van der Waals surface area contributed by atoms with Crippen LogP contribution in [-0.2, 0) is 10.5 Å². The maximum atomic E-state index is 12.4. The van der Waals surface area contributed by atoms with Crippen LogP contribution in [0.3, 0.4) is 0 Å². The first kappa shape index (κ1) is 19.6. The van der Waals surface area contributed by atoms with Crippen LogP contribution < -0.4 is 9.47 Å². The monoisotopic (exact) mass is 372 g/mol. The minimum absolute atomic E-state index is 0.00129. The molecular weight excluding hydrogens is 352 g/mol. The van der Waals surface area contributed by atoms with Crippen molar-refractivity contribution >= 4 is 29.6 Å². The van der Waals surface area contributed by atoms with Gasteiger partial charge in [0.25, 0.3) is 0 Å². The second kappa shape index (κ2) is 9.68. The molecule has 0 atom stereocenters. The highest BCUT2D eigenvalue weighted by Crippen LogP contribution is 2.25. The molecule has 0 radical (unpaired) electrons. The maximum Gasteiger partial charge on any atom is 0.313 e. The Morgan fingerprint density at radius 2 is 1.81 bits per heavy atom. The normalized spacial score (nSPS) is 10.7. The van der Waals surface area contributed by atoms with Crippen LogP contribution in [0.25, 0.3) is 6.08 Å². The number of carboxylic acids is 1. The summed E-state index contributed by atoms with van der Waals surface area (Å²) in [5, 5.41) is 8.75. The number of methoxy groups -OCH3 is 2. The number of carboxylic acid groups (broad SMARTS) is 1. The van der Waals surface area contributed by atoms with Gasteiger partial charge in [-0.05, 0) is 42.0 Å². The number of carbonyl (C=O) groups is 2. The average Bonchev–Trinajstić information content (AvgIpc) is 2.66. The fourth-order valence-corrected chi connectivity index (χ4v) is 3.00. The van der Waals surface area contributed by atoms with Crippen LogP contribution in [-0.4, -0.2) is 36.8 Å². The predicted octanol–water partition coefficient (Wildman–Crippen LogP) is 3.92. The molecule has 26 heavy (non-hydrogen) atoms. The number of hydrogen-bond donors (Lipinski definition) is 1. The zero-order valence-corrected chi connectivity index (χ0v) is 15.4. The fourth-order valence-electron chi connectivity index (χ4n) is 2.28. The number of benzene rings is 2. The Balaban J connectivity index is 2.11. The lowest BCUT2D eigenvalue weighted by Crippen LogP contribution is -2.01. The van der Waals surface area contributed by atoms with Crippen molar-refractivity contribution in [3.8, 4) is 11.5 Å². The quantitative estimate of drug-likeness (QED) is 0.531. The number of carbonyl (C=O) groups excluding carboxylic acids is 1. The number of aliphatic carboxylic acids is 1. The van der Waals surface area contributed by atoms with E-state index >= 15 is 0 Å². The summed E-state index contributed by atoms with van der Waals surface area (Å²) in [6.07, 6.45) is 3.25. The summed E-state index contributed by atoms with van der Waals surface area (Å²) in [4.78, 5) is 23.1. The Kier molecular flexibility index (Phi) is 7.29. The molecule has 0 bridgehead atoms. The first-order valence-corrected chi connectivity index (χ1v) is 9.02. The van der Waals surface area contributed by atoms with Gasteiger partial charge in [0.15, 0.2) is 5.78 Å². The summed E-state index contributed by atoms with van der Waals surface area (Å²) in [5.74, 6) is 0.847. The predicted molar refractivity (Wildman–Crippen MR) is 103 cm³/mol. The topological polar surface area (TPSA) is 72.8 Å². The van der Waals surface area contributed by atoms with E-state index < -0.39 is 5.97 Å².